The molecule has 0 radical (unpaired) electrons. The Morgan fingerprint density at radius 3 is 2.74 bits per heavy atom. The Labute approximate surface area is 136 Å². The molecule has 0 aromatic carbocycles. The maximum Gasteiger partial charge on any atom is 0.323 e. The third-order valence-corrected chi connectivity index (χ3v) is 4.58. The van der Waals surface area contributed by atoms with E-state index >= 15 is 0 Å². The molecule has 1 saturated heterocycles. The van der Waals surface area contributed by atoms with E-state index in [-0.39, 0.29) is 18.0 Å². The van der Waals surface area contributed by atoms with Crippen molar-refractivity contribution in [2.45, 2.75) is 51.6 Å². The van der Waals surface area contributed by atoms with Crippen LogP contribution in [0.15, 0.2) is 18.3 Å². The molecule has 3 amide bonds. The van der Waals surface area contributed by atoms with Crippen LogP contribution >= 0.6 is 0 Å². The predicted octanol–water partition coefficient (Wildman–Crippen LogP) is 2.40. The van der Waals surface area contributed by atoms with Gasteiger partial charge in [0, 0.05) is 32.3 Å². The van der Waals surface area contributed by atoms with Crippen LogP contribution in [0.25, 0.3) is 0 Å². The standard InChI is InChI=1S/C17H24N4O2/c1-12-5-8-16(18-10-12)19-17(23)20-9-3-4-15(20)11-21(13(2)22)14-6-7-14/h5,8,10,14-15H,3-4,6-7,9,11H2,1-2H3,(H,18,19,23)/t15-/m0/s1. The van der Waals surface area contributed by atoms with Gasteiger partial charge in [0.05, 0.1) is 6.04 Å². The lowest BCUT2D eigenvalue weighted by molar-refractivity contribution is -0.130. The number of carbonyl (C=O) groups excluding carboxylic acids is 2. The van der Waals surface area contributed by atoms with E-state index in [0.29, 0.717) is 18.4 Å². The molecule has 1 aromatic rings. The molecule has 0 spiro atoms. The first-order valence-corrected chi connectivity index (χ1v) is 8.32. The number of aryl methyl sites for hydroxylation is 1. The number of amides is 3. The maximum atomic E-state index is 12.5. The number of likely N-dealkylation sites (tertiary alicyclic amines) is 1. The highest BCUT2D eigenvalue weighted by Crippen LogP contribution is 2.29. The van der Waals surface area contributed by atoms with Gasteiger partial charge in [0.1, 0.15) is 5.82 Å². The van der Waals surface area contributed by atoms with E-state index in [2.05, 4.69) is 10.3 Å². The number of urea groups is 1. The van der Waals surface area contributed by atoms with E-state index in [1.165, 1.54) is 0 Å². The van der Waals surface area contributed by atoms with Gasteiger partial charge in [0.25, 0.3) is 0 Å². The monoisotopic (exact) mass is 316 g/mol. The number of hydrogen-bond acceptors (Lipinski definition) is 3. The molecule has 1 aliphatic carbocycles. The first-order chi connectivity index (χ1) is 11.0. The van der Waals surface area contributed by atoms with E-state index in [4.69, 9.17) is 0 Å². The minimum Gasteiger partial charge on any atom is -0.338 e. The van der Waals surface area contributed by atoms with Gasteiger partial charge < -0.3 is 9.80 Å². The minimum atomic E-state index is -0.122. The smallest absolute Gasteiger partial charge is 0.323 e. The molecule has 2 aliphatic rings. The molecule has 2 heterocycles. The molecular weight excluding hydrogens is 292 g/mol. The Bertz CT molecular complexity index is 583. The summed E-state index contributed by atoms with van der Waals surface area (Å²) in [4.78, 5) is 32.3. The van der Waals surface area contributed by atoms with E-state index in [0.717, 1.165) is 37.8 Å². The van der Waals surface area contributed by atoms with Crippen molar-refractivity contribution in [1.82, 2.24) is 14.8 Å². The second kappa shape index (κ2) is 6.56. The average molecular weight is 316 g/mol. The third kappa shape index (κ3) is 3.81. The summed E-state index contributed by atoms with van der Waals surface area (Å²) in [7, 11) is 0. The second-order valence-electron chi connectivity index (χ2n) is 6.54. The average Bonchev–Trinajstić information content (AvgIpc) is 3.24. The van der Waals surface area contributed by atoms with Crippen molar-refractivity contribution in [1.29, 1.82) is 0 Å². The van der Waals surface area contributed by atoms with Crippen LogP contribution < -0.4 is 5.32 Å². The summed E-state index contributed by atoms with van der Waals surface area (Å²) in [6.45, 7) is 4.96. The molecule has 23 heavy (non-hydrogen) atoms. The van der Waals surface area contributed by atoms with Gasteiger partial charge in [-0.2, -0.15) is 0 Å². The zero-order chi connectivity index (χ0) is 16.4. The lowest BCUT2D eigenvalue weighted by Crippen LogP contribution is -2.46. The van der Waals surface area contributed by atoms with Gasteiger partial charge in [-0.1, -0.05) is 6.07 Å². The maximum absolute atomic E-state index is 12.5. The zero-order valence-corrected chi connectivity index (χ0v) is 13.8. The highest BCUT2D eigenvalue weighted by atomic mass is 16.2. The number of nitrogens with one attached hydrogen (secondary N) is 1. The summed E-state index contributed by atoms with van der Waals surface area (Å²) in [5.41, 5.74) is 1.06. The second-order valence-corrected chi connectivity index (χ2v) is 6.54. The molecule has 1 saturated carbocycles. The summed E-state index contributed by atoms with van der Waals surface area (Å²) >= 11 is 0. The van der Waals surface area contributed by atoms with Crippen molar-refractivity contribution in [3.8, 4) is 0 Å². The third-order valence-electron chi connectivity index (χ3n) is 4.58. The van der Waals surface area contributed by atoms with Crippen molar-refractivity contribution in [2.24, 2.45) is 0 Å². The molecule has 124 valence electrons. The van der Waals surface area contributed by atoms with E-state index in [1.54, 1.807) is 13.1 Å². The molecule has 3 rings (SSSR count). The minimum absolute atomic E-state index is 0.102. The van der Waals surface area contributed by atoms with Gasteiger partial charge in [-0.05, 0) is 44.2 Å². The molecule has 1 aromatic heterocycles. The number of nitrogens with zero attached hydrogens (tertiary/aromatic N) is 3. The summed E-state index contributed by atoms with van der Waals surface area (Å²) in [6, 6.07) is 4.10. The number of hydrogen-bond donors (Lipinski definition) is 1. The quantitative estimate of drug-likeness (QED) is 0.927. The SMILES string of the molecule is CC(=O)N(C[C@@H]1CCCN1C(=O)Nc1ccc(C)cn1)C1CC1. The molecule has 6 heteroatoms. The highest BCUT2D eigenvalue weighted by Gasteiger charge is 2.36. The summed E-state index contributed by atoms with van der Waals surface area (Å²) in [6.07, 6.45) is 5.85. The number of carbonyl (C=O) groups is 2. The van der Waals surface area contributed by atoms with Crippen LogP contribution in [0, 0.1) is 6.92 Å². The number of anilines is 1. The van der Waals surface area contributed by atoms with Crippen LogP contribution in [0.1, 0.15) is 38.2 Å². The fraction of sp³-hybridized carbons (Fsp3) is 0.588. The summed E-state index contributed by atoms with van der Waals surface area (Å²) in [5, 5.41) is 2.86. The van der Waals surface area contributed by atoms with Crippen LogP contribution in [0.4, 0.5) is 10.6 Å². The van der Waals surface area contributed by atoms with Gasteiger partial charge in [0.2, 0.25) is 5.91 Å². The summed E-state index contributed by atoms with van der Waals surface area (Å²) < 4.78 is 0. The summed E-state index contributed by atoms with van der Waals surface area (Å²) in [5.74, 6) is 0.678. The molecule has 6 nitrogen and oxygen atoms in total. The van der Waals surface area contributed by atoms with Crippen molar-refractivity contribution in [3.63, 3.8) is 0 Å². The van der Waals surface area contributed by atoms with Crippen molar-refractivity contribution in [2.75, 3.05) is 18.4 Å². The lowest BCUT2D eigenvalue weighted by Gasteiger charge is -2.30. The molecule has 1 aliphatic heterocycles. The Morgan fingerprint density at radius 2 is 2.13 bits per heavy atom. The highest BCUT2D eigenvalue weighted by molar-refractivity contribution is 5.88. The van der Waals surface area contributed by atoms with Gasteiger partial charge in [-0.15, -0.1) is 0 Å². The number of aromatic nitrogens is 1. The van der Waals surface area contributed by atoms with Crippen molar-refractivity contribution < 1.29 is 9.59 Å². The van der Waals surface area contributed by atoms with E-state index < -0.39 is 0 Å². The largest absolute Gasteiger partial charge is 0.338 e. The Kier molecular flexibility index (Phi) is 4.50. The van der Waals surface area contributed by atoms with Gasteiger partial charge in [0.15, 0.2) is 0 Å². The fourth-order valence-corrected chi connectivity index (χ4v) is 3.16. The van der Waals surface area contributed by atoms with Crippen LogP contribution in [-0.2, 0) is 4.79 Å². The molecule has 0 unspecified atom stereocenters. The van der Waals surface area contributed by atoms with Gasteiger partial charge in [-0.3, -0.25) is 10.1 Å². The zero-order valence-electron chi connectivity index (χ0n) is 13.8. The Balaban J connectivity index is 1.62. The first kappa shape index (κ1) is 15.8. The predicted molar refractivity (Wildman–Crippen MR) is 88.1 cm³/mol. The molecule has 2 fully saturated rings. The molecule has 1 N–H and O–H groups in total. The van der Waals surface area contributed by atoms with Crippen molar-refractivity contribution in [3.05, 3.63) is 23.9 Å². The normalized spacial score (nSPS) is 20.4. The van der Waals surface area contributed by atoms with Crippen molar-refractivity contribution >= 4 is 17.8 Å². The van der Waals surface area contributed by atoms with Crippen LogP contribution in [-0.4, -0.2) is 51.9 Å². The first-order valence-electron chi connectivity index (χ1n) is 8.32. The topological polar surface area (TPSA) is 65.5 Å². The van der Waals surface area contributed by atoms with Crippen LogP contribution in [0.2, 0.25) is 0 Å². The lowest BCUT2D eigenvalue weighted by atomic mass is 10.2. The number of rotatable bonds is 4. The fourth-order valence-electron chi connectivity index (χ4n) is 3.16. The van der Waals surface area contributed by atoms with E-state index in [9.17, 15) is 9.59 Å². The molecule has 0 bridgehead atoms. The van der Waals surface area contributed by atoms with E-state index in [1.807, 2.05) is 28.9 Å². The Morgan fingerprint density at radius 1 is 1.35 bits per heavy atom. The van der Waals surface area contributed by atoms with Crippen LogP contribution in [0.3, 0.4) is 0 Å². The Hall–Kier alpha value is -2.11. The van der Waals surface area contributed by atoms with Gasteiger partial charge in [-0.25, -0.2) is 9.78 Å². The van der Waals surface area contributed by atoms with Gasteiger partial charge >= 0.3 is 6.03 Å². The van der Waals surface area contributed by atoms with Crippen LogP contribution in [0.5, 0.6) is 0 Å². The molecular formula is C17H24N4O2. The molecule has 1 atom stereocenters. The number of pyridine rings is 1.